The fourth-order valence-corrected chi connectivity index (χ4v) is 7.71. The number of para-hydroxylation sites is 1. The molecule has 224 valence electrons. The van der Waals surface area contributed by atoms with E-state index in [1.165, 1.54) is 0 Å². The van der Waals surface area contributed by atoms with E-state index >= 15 is 0 Å². The number of aliphatic hydroxyl groups is 1. The molecule has 0 aromatic heterocycles. The molecule has 3 atom stereocenters. The highest BCUT2D eigenvalue weighted by Gasteiger charge is 2.45. The Morgan fingerprint density at radius 1 is 0.977 bits per heavy atom. The maximum Gasteiger partial charge on any atom is 0.255 e. The van der Waals surface area contributed by atoms with Crippen LogP contribution in [0.5, 0.6) is 5.75 Å². The number of ether oxygens (including phenoxy) is 1. The zero-order valence-corrected chi connectivity index (χ0v) is 25.6. The van der Waals surface area contributed by atoms with Gasteiger partial charge in [0.25, 0.3) is 5.91 Å². The number of carbonyl (C=O) groups excluding carboxylic acids is 1. The summed E-state index contributed by atoms with van der Waals surface area (Å²) in [4.78, 5) is 15.9. The Labute approximate surface area is 252 Å². The molecule has 4 aromatic rings. The second-order valence-electron chi connectivity index (χ2n) is 12.0. The third kappa shape index (κ3) is 5.37. The Hall–Kier alpha value is -3.92. The van der Waals surface area contributed by atoms with E-state index in [4.69, 9.17) is 4.74 Å². The first-order valence-electron chi connectivity index (χ1n) is 14.6. The van der Waals surface area contributed by atoms with Gasteiger partial charge >= 0.3 is 0 Å². The van der Waals surface area contributed by atoms with Gasteiger partial charge in [-0.25, -0.2) is 13.1 Å². The molecule has 0 aliphatic carbocycles. The number of fused-ring (bicyclic) bond motifs is 2. The van der Waals surface area contributed by atoms with Gasteiger partial charge in [0.15, 0.2) is 0 Å². The molecule has 9 heteroatoms. The number of aryl methyl sites for hydroxylation is 2. The number of hydrogen-bond donors (Lipinski definition) is 3. The number of rotatable bonds is 6. The van der Waals surface area contributed by atoms with Gasteiger partial charge in [-0.2, -0.15) is 0 Å². The number of benzene rings is 4. The number of nitrogens with one attached hydrogen (secondary N) is 2. The Balaban J connectivity index is 1.34. The van der Waals surface area contributed by atoms with E-state index in [-0.39, 0.29) is 17.0 Å². The Morgan fingerprint density at radius 3 is 2.44 bits per heavy atom. The van der Waals surface area contributed by atoms with E-state index in [1.807, 2.05) is 55.1 Å². The van der Waals surface area contributed by atoms with E-state index in [2.05, 4.69) is 10.0 Å². The van der Waals surface area contributed by atoms with Gasteiger partial charge in [0, 0.05) is 28.7 Å². The topological polar surface area (TPSA) is 108 Å². The number of carbonyl (C=O) groups is 1. The molecule has 0 spiro atoms. The lowest BCUT2D eigenvalue weighted by Crippen LogP contribution is -2.53. The Morgan fingerprint density at radius 2 is 1.67 bits per heavy atom. The maximum absolute atomic E-state index is 13.9. The van der Waals surface area contributed by atoms with Crippen LogP contribution in [0.3, 0.4) is 0 Å². The molecular weight excluding hydrogens is 562 g/mol. The molecule has 1 saturated heterocycles. The van der Waals surface area contributed by atoms with Crippen molar-refractivity contribution in [1.29, 1.82) is 0 Å². The highest BCUT2D eigenvalue weighted by Crippen LogP contribution is 2.41. The molecule has 6 rings (SSSR count). The van der Waals surface area contributed by atoms with Gasteiger partial charge in [-0.1, -0.05) is 54.6 Å². The summed E-state index contributed by atoms with van der Waals surface area (Å²) in [5.74, 6) is 0.253. The quantitative estimate of drug-likeness (QED) is 0.263. The SMILES string of the molecule is Cc1cccc(C)c1N[C@H]1CCCN1C(=O)c1ccc2c(c1)[C@@H](NS(=O)(=O)c1cccc3ccccc13)[C@H](O)C(C)(C)O2. The molecule has 0 bridgehead atoms. The van der Waals surface area contributed by atoms with Gasteiger partial charge in [0.1, 0.15) is 23.6 Å². The van der Waals surface area contributed by atoms with Crippen molar-refractivity contribution in [2.45, 2.75) is 69.3 Å². The number of aliphatic hydroxyl groups excluding tert-OH is 1. The second-order valence-corrected chi connectivity index (χ2v) is 13.7. The van der Waals surface area contributed by atoms with Crippen LogP contribution in [0, 0.1) is 13.8 Å². The normalized spacial score (nSPS) is 21.3. The fraction of sp³-hybridized carbons (Fsp3) is 0.324. The average molecular weight is 600 g/mol. The van der Waals surface area contributed by atoms with Crippen molar-refractivity contribution in [2.24, 2.45) is 0 Å². The van der Waals surface area contributed by atoms with Crippen LogP contribution in [0.4, 0.5) is 5.69 Å². The van der Waals surface area contributed by atoms with Crippen molar-refractivity contribution in [3.63, 3.8) is 0 Å². The van der Waals surface area contributed by atoms with Crippen LogP contribution in [0.25, 0.3) is 10.8 Å². The standard InChI is InChI=1S/C34H37N3O5S/c1-21-10-7-11-22(2)30(21)35-29-16-9-19-37(29)33(39)24-17-18-27-26(20-24)31(32(38)34(3,4)42-27)36-43(40,41)28-15-8-13-23-12-5-6-14-25(23)28/h5-8,10-15,17-18,20,29,31-32,35-36,38H,9,16,19H2,1-4H3/t29-,31-,32+/m1/s1. The summed E-state index contributed by atoms with van der Waals surface area (Å²) >= 11 is 0. The van der Waals surface area contributed by atoms with E-state index in [0.29, 0.717) is 28.8 Å². The first kappa shape index (κ1) is 29.2. The summed E-state index contributed by atoms with van der Waals surface area (Å²) in [5.41, 5.74) is 2.99. The predicted octanol–water partition coefficient (Wildman–Crippen LogP) is 5.68. The highest BCUT2D eigenvalue weighted by atomic mass is 32.2. The minimum atomic E-state index is -4.08. The van der Waals surface area contributed by atoms with Crippen LogP contribution >= 0.6 is 0 Å². The minimum Gasteiger partial charge on any atom is -0.485 e. The number of likely N-dealkylation sites (tertiary alicyclic amines) is 1. The van der Waals surface area contributed by atoms with Crippen LogP contribution in [0.15, 0.2) is 83.8 Å². The molecule has 0 saturated carbocycles. The Bertz CT molecular complexity index is 1790. The summed E-state index contributed by atoms with van der Waals surface area (Å²) in [6, 6.07) is 22.5. The van der Waals surface area contributed by atoms with Crippen LogP contribution < -0.4 is 14.8 Å². The van der Waals surface area contributed by atoms with Crippen LogP contribution in [-0.2, 0) is 10.0 Å². The molecule has 0 unspecified atom stereocenters. The molecular formula is C34H37N3O5S. The van der Waals surface area contributed by atoms with Crippen LogP contribution in [0.2, 0.25) is 0 Å². The summed E-state index contributed by atoms with van der Waals surface area (Å²) in [7, 11) is -4.08. The molecule has 3 N–H and O–H groups in total. The highest BCUT2D eigenvalue weighted by molar-refractivity contribution is 7.89. The van der Waals surface area contributed by atoms with Gasteiger partial charge in [-0.3, -0.25) is 4.79 Å². The minimum absolute atomic E-state index is 0.119. The molecule has 0 radical (unpaired) electrons. The van der Waals surface area contributed by atoms with Crippen molar-refractivity contribution in [3.05, 3.63) is 101 Å². The van der Waals surface area contributed by atoms with E-state index in [0.717, 1.165) is 35.0 Å². The summed E-state index contributed by atoms with van der Waals surface area (Å²) in [6.45, 7) is 8.13. The zero-order valence-electron chi connectivity index (χ0n) is 24.8. The van der Waals surface area contributed by atoms with E-state index < -0.39 is 27.8 Å². The molecule has 4 aromatic carbocycles. The molecule has 43 heavy (non-hydrogen) atoms. The lowest BCUT2D eigenvalue weighted by Gasteiger charge is -2.42. The zero-order chi connectivity index (χ0) is 30.5. The van der Waals surface area contributed by atoms with Crippen molar-refractivity contribution in [3.8, 4) is 5.75 Å². The second kappa shape index (κ2) is 11.0. The first-order chi connectivity index (χ1) is 20.5. The van der Waals surface area contributed by atoms with Crippen LogP contribution in [-0.4, -0.2) is 48.7 Å². The number of sulfonamides is 1. The summed E-state index contributed by atoms with van der Waals surface area (Å²) < 4.78 is 36.5. The van der Waals surface area contributed by atoms with Crippen molar-refractivity contribution in [2.75, 3.05) is 11.9 Å². The molecule has 2 aliphatic rings. The number of hydrogen-bond acceptors (Lipinski definition) is 6. The summed E-state index contributed by atoms with van der Waals surface area (Å²) in [6.07, 6.45) is 0.279. The fourth-order valence-electron chi connectivity index (χ4n) is 6.26. The van der Waals surface area contributed by atoms with Gasteiger partial charge in [-0.15, -0.1) is 0 Å². The van der Waals surface area contributed by atoms with Crippen molar-refractivity contribution >= 4 is 32.4 Å². The van der Waals surface area contributed by atoms with Crippen molar-refractivity contribution in [1.82, 2.24) is 9.62 Å². The molecule has 1 fully saturated rings. The third-order valence-corrected chi connectivity index (χ3v) is 10.1. The molecule has 2 aliphatic heterocycles. The summed E-state index contributed by atoms with van der Waals surface area (Å²) in [5, 5.41) is 16.4. The van der Waals surface area contributed by atoms with E-state index in [1.54, 1.807) is 56.3 Å². The number of nitrogens with zero attached hydrogens (tertiary/aromatic N) is 1. The number of anilines is 1. The predicted molar refractivity (Wildman–Crippen MR) is 168 cm³/mol. The monoisotopic (exact) mass is 599 g/mol. The van der Waals surface area contributed by atoms with Gasteiger partial charge in [0.05, 0.1) is 10.9 Å². The van der Waals surface area contributed by atoms with E-state index in [9.17, 15) is 18.3 Å². The molecule has 1 amide bonds. The largest absolute Gasteiger partial charge is 0.485 e. The van der Waals surface area contributed by atoms with Gasteiger partial charge < -0.3 is 20.1 Å². The number of amides is 1. The molecule has 2 heterocycles. The van der Waals surface area contributed by atoms with Crippen molar-refractivity contribution < 1.29 is 23.1 Å². The maximum atomic E-state index is 13.9. The van der Waals surface area contributed by atoms with Gasteiger partial charge in [-0.05, 0) is 81.3 Å². The third-order valence-electron chi connectivity index (χ3n) is 8.62. The Kier molecular flexibility index (Phi) is 7.44. The lowest BCUT2D eigenvalue weighted by molar-refractivity contribution is -0.0603. The van der Waals surface area contributed by atoms with Crippen LogP contribution in [0.1, 0.15) is 59.8 Å². The first-order valence-corrected chi connectivity index (χ1v) is 16.1. The lowest BCUT2D eigenvalue weighted by atomic mass is 9.86. The molecule has 8 nitrogen and oxygen atoms in total. The smallest absolute Gasteiger partial charge is 0.255 e. The van der Waals surface area contributed by atoms with Gasteiger partial charge in [0.2, 0.25) is 10.0 Å². The average Bonchev–Trinajstić information content (AvgIpc) is 3.44.